The zero-order valence-electron chi connectivity index (χ0n) is 19.0. The highest BCUT2D eigenvalue weighted by Gasteiger charge is 2.50. The third-order valence-corrected chi connectivity index (χ3v) is 5.39. The summed E-state index contributed by atoms with van der Waals surface area (Å²) in [6.45, 7) is 5.28. The van der Waals surface area contributed by atoms with Crippen LogP contribution in [-0.4, -0.2) is 79.0 Å². The fraction of sp³-hybridized carbons (Fsp3) is 0.545. The highest BCUT2D eigenvalue weighted by Crippen LogP contribution is 2.35. The standard InChI is InChI=1S/C22H30N2O8/c1-11-14(30-21-18(28)17(27)20(29-6)22(2,3)32-21)8-7-12-13(9-16(26)31-19(11)12)23-15(25)10-24(4)5/h7-9,17-18,20-21,27-28H,10H2,1-6H3,(H,23,25)/t17-,18+,20+,21+/m0/s1. The van der Waals surface area contributed by atoms with E-state index in [1.807, 2.05) is 0 Å². The summed E-state index contributed by atoms with van der Waals surface area (Å²) >= 11 is 0. The molecule has 32 heavy (non-hydrogen) atoms. The van der Waals surface area contributed by atoms with Gasteiger partial charge in [0.05, 0.1) is 17.8 Å². The van der Waals surface area contributed by atoms with Gasteiger partial charge in [0.2, 0.25) is 12.2 Å². The zero-order chi connectivity index (χ0) is 23.8. The molecule has 4 atom stereocenters. The third kappa shape index (κ3) is 4.79. The van der Waals surface area contributed by atoms with Crippen LogP contribution >= 0.6 is 0 Å². The minimum atomic E-state index is -1.37. The number of amides is 1. The number of carbonyl (C=O) groups excluding carboxylic acids is 1. The number of anilines is 1. The molecule has 176 valence electrons. The van der Waals surface area contributed by atoms with Crippen LogP contribution in [0.4, 0.5) is 5.69 Å². The van der Waals surface area contributed by atoms with Gasteiger partial charge in [-0.25, -0.2) is 4.79 Å². The van der Waals surface area contributed by atoms with Crippen LogP contribution < -0.4 is 15.7 Å². The number of aliphatic hydroxyl groups is 2. The molecule has 3 rings (SSSR count). The van der Waals surface area contributed by atoms with Crippen molar-refractivity contribution >= 4 is 22.6 Å². The Bertz CT molecular complexity index is 1050. The summed E-state index contributed by atoms with van der Waals surface area (Å²) in [4.78, 5) is 26.0. The number of methoxy groups -OCH3 is 1. The summed E-state index contributed by atoms with van der Waals surface area (Å²) in [5.41, 5.74) is -0.535. The van der Waals surface area contributed by atoms with Crippen LogP contribution in [-0.2, 0) is 14.3 Å². The van der Waals surface area contributed by atoms with Gasteiger partial charge in [0.25, 0.3) is 0 Å². The zero-order valence-corrected chi connectivity index (χ0v) is 19.0. The fourth-order valence-electron chi connectivity index (χ4n) is 3.88. The van der Waals surface area contributed by atoms with Crippen molar-refractivity contribution in [3.8, 4) is 5.75 Å². The highest BCUT2D eigenvalue weighted by molar-refractivity contribution is 6.02. The van der Waals surface area contributed by atoms with E-state index in [2.05, 4.69) is 5.32 Å². The van der Waals surface area contributed by atoms with Gasteiger partial charge in [0.15, 0.2) is 0 Å². The monoisotopic (exact) mass is 450 g/mol. The van der Waals surface area contributed by atoms with Crippen LogP contribution in [0.25, 0.3) is 11.0 Å². The summed E-state index contributed by atoms with van der Waals surface area (Å²) < 4.78 is 22.4. The fourth-order valence-corrected chi connectivity index (χ4v) is 3.88. The first kappa shape index (κ1) is 24.1. The van der Waals surface area contributed by atoms with E-state index < -0.39 is 35.8 Å². The van der Waals surface area contributed by atoms with Gasteiger partial charge in [-0.3, -0.25) is 4.79 Å². The predicted molar refractivity (Wildman–Crippen MR) is 117 cm³/mol. The van der Waals surface area contributed by atoms with E-state index in [4.69, 9.17) is 18.6 Å². The topological polar surface area (TPSA) is 131 Å². The van der Waals surface area contributed by atoms with Crippen molar-refractivity contribution in [2.45, 2.75) is 51.0 Å². The summed E-state index contributed by atoms with van der Waals surface area (Å²) in [7, 11) is 4.95. The number of fused-ring (bicyclic) bond motifs is 1. The van der Waals surface area contributed by atoms with Crippen LogP contribution in [0.15, 0.2) is 27.4 Å². The van der Waals surface area contributed by atoms with Crippen molar-refractivity contribution in [2.24, 2.45) is 0 Å². The smallest absolute Gasteiger partial charge is 0.338 e. The molecule has 1 aromatic heterocycles. The summed E-state index contributed by atoms with van der Waals surface area (Å²) in [5, 5.41) is 24.2. The number of nitrogens with one attached hydrogen (secondary N) is 1. The van der Waals surface area contributed by atoms with E-state index >= 15 is 0 Å². The number of aryl methyl sites for hydroxylation is 1. The first-order valence-corrected chi connectivity index (χ1v) is 10.2. The average molecular weight is 450 g/mol. The number of carbonyl (C=O) groups is 1. The van der Waals surface area contributed by atoms with Crippen LogP contribution in [0.1, 0.15) is 19.4 Å². The van der Waals surface area contributed by atoms with Crippen LogP contribution in [0.5, 0.6) is 5.75 Å². The Morgan fingerprint density at radius 1 is 1.25 bits per heavy atom. The molecule has 0 bridgehead atoms. The maximum absolute atomic E-state index is 12.2. The van der Waals surface area contributed by atoms with E-state index in [-0.39, 0.29) is 18.0 Å². The predicted octanol–water partition coefficient (Wildman–Crippen LogP) is 0.852. The number of aliphatic hydroxyl groups excluding tert-OH is 2. The average Bonchev–Trinajstić information content (AvgIpc) is 2.67. The van der Waals surface area contributed by atoms with Crippen molar-refractivity contribution < 1.29 is 33.6 Å². The maximum atomic E-state index is 12.2. The first-order valence-electron chi connectivity index (χ1n) is 10.2. The van der Waals surface area contributed by atoms with E-state index in [1.165, 1.54) is 13.2 Å². The van der Waals surface area contributed by atoms with E-state index in [9.17, 15) is 19.8 Å². The molecule has 0 spiro atoms. The Labute approximate surface area is 185 Å². The van der Waals surface area contributed by atoms with Crippen molar-refractivity contribution in [3.05, 3.63) is 34.2 Å². The van der Waals surface area contributed by atoms with Crippen molar-refractivity contribution in [1.82, 2.24) is 4.90 Å². The van der Waals surface area contributed by atoms with Gasteiger partial charge in [-0.2, -0.15) is 0 Å². The van der Waals surface area contributed by atoms with Gasteiger partial charge < -0.3 is 39.1 Å². The van der Waals surface area contributed by atoms with Crippen LogP contribution in [0.2, 0.25) is 0 Å². The Balaban J connectivity index is 1.93. The Hall–Kier alpha value is -2.50. The summed E-state index contributed by atoms with van der Waals surface area (Å²) in [5.74, 6) is 0.0165. The highest BCUT2D eigenvalue weighted by atomic mass is 16.7. The van der Waals surface area contributed by atoms with Gasteiger partial charge in [0.1, 0.15) is 29.6 Å². The molecule has 10 nitrogen and oxygen atoms in total. The Morgan fingerprint density at radius 2 is 1.94 bits per heavy atom. The minimum Gasteiger partial charge on any atom is -0.462 e. The number of hydrogen-bond donors (Lipinski definition) is 3. The molecular formula is C22H30N2O8. The second-order valence-electron chi connectivity index (χ2n) is 8.68. The van der Waals surface area contributed by atoms with Crippen molar-refractivity contribution in [1.29, 1.82) is 0 Å². The molecule has 2 aromatic rings. The lowest BCUT2D eigenvalue weighted by molar-refractivity contribution is -0.306. The van der Waals surface area contributed by atoms with Crippen LogP contribution in [0, 0.1) is 6.92 Å². The van der Waals surface area contributed by atoms with Crippen molar-refractivity contribution in [3.63, 3.8) is 0 Å². The number of nitrogens with zero attached hydrogens (tertiary/aromatic N) is 1. The molecule has 1 saturated heterocycles. The normalized spacial score (nSPS) is 25.2. The molecule has 1 amide bonds. The van der Waals surface area contributed by atoms with Crippen LogP contribution in [0.3, 0.4) is 0 Å². The molecular weight excluding hydrogens is 420 g/mol. The largest absolute Gasteiger partial charge is 0.462 e. The molecule has 1 fully saturated rings. The van der Waals surface area contributed by atoms with Gasteiger partial charge in [-0.15, -0.1) is 0 Å². The van der Waals surface area contributed by atoms with Crippen molar-refractivity contribution in [2.75, 3.05) is 33.1 Å². The van der Waals surface area contributed by atoms with Gasteiger partial charge in [-0.05, 0) is 47.0 Å². The second-order valence-corrected chi connectivity index (χ2v) is 8.68. The molecule has 0 unspecified atom stereocenters. The van der Waals surface area contributed by atoms with E-state index in [1.54, 1.807) is 51.9 Å². The number of hydrogen-bond acceptors (Lipinski definition) is 9. The molecule has 10 heteroatoms. The second kappa shape index (κ2) is 9.16. The Morgan fingerprint density at radius 3 is 2.56 bits per heavy atom. The van der Waals surface area contributed by atoms with E-state index in [0.29, 0.717) is 22.4 Å². The molecule has 1 aromatic carbocycles. The lowest BCUT2D eigenvalue weighted by Gasteiger charge is -2.46. The SMILES string of the molecule is CO[C@@H]1[C@@H](O)[C@@H](O)[C@H](Oc2ccc3c(NC(=O)CN(C)C)cc(=O)oc3c2C)OC1(C)C. The van der Waals surface area contributed by atoms with Gasteiger partial charge >= 0.3 is 5.63 Å². The first-order chi connectivity index (χ1) is 14.9. The molecule has 0 aliphatic carbocycles. The van der Waals surface area contributed by atoms with Gasteiger partial charge in [0, 0.05) is 24.1 Å². The van der Waals surface area contributed by atoms with E-state index in [0.717, 1.165) is 0 Å². The molecule has 0 radical (unpaired) electrons. The quantitative estimate of drug-likeness (QED) is 0.548. The lowest BCUT2D eigenvalue weighted by Crippen LogP contribution is -2.63. The molecule has 0 saturated carbocycles. The number of benzene rings is 1. The van der Waals surface area contributed by atoms with Gasteiger partial charge in [-0.1, -0.05) is 0 Å². The summed E-state index contributed by atoms with van der Waals surface area (Å²) in [6, 6.07) is 4.48. The minimum absolute atomic E-state index is 0.152. The molecule has 1 aliphatic rings. The third-order valence-electron chi connectivity index (χ3n) is 5.39. The molecule has 3 N–H and O–H groups in total. The number of ether oxygens (including phenoxy) is 3. The maximum Gasteiger partial charge on any atom is 0.338 e. The number of likely N-dealkylation sites (N-methyl/N-ethyl adjacent to an activating group) is 1. The number of rotatable bonds is 6. The lowest BCUT2D eigenvalue weighted by atomic mass is 9.89. The molecule has 1 aliphatic heterocycles. The summed E-state index contributed by atoms with van der Waals surface area (Å²) in [6.07, 6.45) is -4.53. The Kier molecular flexibility index (Phi) is 6.91. The molecule has 2 heterocycles.